The summed E-state index contributed by atoms with van der Waals surface area (Å²) < 4.78 is 44.7. The third kappa shape index (κ3) is 3.81. The molecule has 148 valence electrons. The molecule has 0 saturated heterocycles. The van der Waals surface area contributed by atoms with Gasteiger partial charge in [-0.25, -0.2) is 4.79 Å². The largest absolute Gasteiger partial charge is 0.471 e. The summed E-state index contributed by atoms with van der Waals surface area (Å²) in [6.07, 6.45) is -5.13. The summed E-state index contributed by atoms with van der Waals surface area (Å²) in [6.45, 7) is 2.01. The van der Waals surface area contributed by atoms with E-state index in [9.17, 15) is 22.8 Å². The molecule has 1 aliphatic heterocycles. The van der Waals surface area contributed by atoms with Gasteiger partial charge in [0.15, 0.2) is 6.04 Å². The number of esters is 1. The number of methoxy groups -OCH3 is 1. The van der Waals surface area contributed by atoms with Gasteiger partial charge in [-0.05, 0) is 36.2 Å². The van der Waals surface area contributed by atoms with Crippen LogP contribution in [0.4, 0.5) is 24.5 Å². The summed E-state index contributed by atoms with van der Waals surface area (Å²) >= 11 is 0. The van der Waals surface area contributed by atoms with Gasteiger partial charge in [-0.2, -0.15) is 13.2 Å². The number of aryl methyl sites for hydroxylation is 1. The Morgan fingerprint density at radius 1 is 1.11 bits per heavy atom. The van der Waals surface area contributed by atoms with Crippen LogP contribution in [0.1, 0.15) is 11.1 Å². The van der Waals surface area contributed by atoms with E-state index in [-0.39, 0.29) is 18.8 Å². The van der Waals surface area contributed by atoms with Crippen molar-refractivity contribution in [2.24, 2.45) is 0 Å². The first kappa shape index (κ1) is 19.7. The molecule has 1 aliphatic rings. The van der Waals surface area contributed by atoms with Gasteiger partial charge in [-0.15, -0.1) is 0 Å². The number of rotatable bonds is 2. The zero-order valence-corrected chi connectivity index (χ0v) is 15.4. The number of benzene rings is 2. The highest BCUT2D eigenvalue weighted by molar-refractivity contribution is 6.03. The number of ether oxygens (including phenoxy) is 1. The SMILES string of the molecule is COC(=O)C1CN(c2cccc(C)c2)Cc2ccccc2N1C(=O)C(F)(F)F. The monoisotopic (exact) mass is 392 g/mol. The summed E-state index contributed by atoms with van der Waals surface area (Å²) in [6, 6.07) is 12.2. The minimum Gasteiger partial charge on any atom is -0.467 e. The van der Waals surface area contributed by atoms with Crippen molar-refractivity contribution in [2.45, 2.75) is 25.7 Å². The van der Waals surface area contributed by atoms with Crippen molar-refractivity contribution in [2.75, 3.05) is 23.5 Å². The molecule has 0 spiro atoms. The summed E-state index contributed by atoms with van der Waals surface area (Å²) in [4.78, 5) is 26.9. The van der Waals surface area contributed by atoms with Crippen molar-refractivity contribution in [3.05, 3.63) is 59.7 Å². The van der Waals surface area contributed by atoms with E-state index in [2.05, 4.69) is 0 Å². The van der Waals surface area contributed by atoms with Crippen LogP contribution >= 0.6 is 0 Å². The van der Waals surface area contributed by atoms with Gasteiger partial charge in [0.1, 0.15) is 0 Å². The fourth-order valence-electron chi connectivity index (χ4n) is 3.33. The van der Waals surface area contributed by atoms with E-state index in [0.29, 0.717) is 10.5 Å². The Kier molecular flexibility index (Phi) is 5.31. The maximum absolute atomic E-state index is 13.3. The predicted octanol–water partition coefficient (Wildman–Crippen LogP) is 3.45. The molecule has 28 heavy (non-hydrogen) atoms. The number of hydrogen-bond donors (Lipinski definition) is 0. The van der Waals surface area contributed by atoms with Gasteiger partial charge in [0.2, 0.25) is 0 Å². The van der Waals surface area contributed by atoms with Crippen LogP contribution in [0.2, 0.25) is 0 Å². The van der Waals surface area contributed by atoms with Gasteiger partial charge in [0.05, 0.1) is 12.8 Å². The molecule has 1 amide bonds. The van der Waals surface area contributed by atoms with Crippen LogP contribution in [0.15, 0.2) is 48.5 Å². The third-order valence-corrected chi connectivity index (χ3v) is 4.62. The summed E-state index contributed by atoms with van der Waals surface area (Å²) in [5, 5.41) is 0. The molecule has 0 aliphatic carbocycles. The molecule has 0 aromatic heterocycles. The van der Waals surface area contributed by atoms with Crippen LogP contribution in [0.5, 0.6) is 0 Å². The first-order valence-electron chi connectivity index (χ1n) is 8.60. The number of amides is 1. The highest BCUT2D eigenvalue weighted by Crippen LogP contribution is 2.34. The van der Waals surface area contributed by atoms with Crippen LogP contribution in [-0.2, 0) is 20.9 Å². The predicted molar refractivity (Wildman–Crippen MR) is 98.0 cm³/mol. The average molecular weight is 392 g/mol. The molecule has 0 bridgehead atoms. The van der Waals surface area contributed by atoms with Gasteiger partial charge in [0, 0.05) is 18.8 Å². The zero-order valence-electron chi connectivity index (χ0n) is 15.4. The Hall–Kier alpha value is -3.03. The van der Waals surface area contributed by atoms with E-state index >= 15 is 0 Å². The molecule has 1 atom stereocenters. The first-order valence-corrected chi connectivity index (χ1v) is 8.60. The number of para-hydroxylation sites is 1. The third-order valence-electron chi connectivity index (χ3n) is 4.62. The molecular weight excluding hydrogens is 373 g/mol. The molecule has 1 heterocycles. The Morgan fingerprint density at radius 2 is 1.82 bits per heavy atom. The fraction of sp³-hybridized carbons (Fsp3) is 0.300. The minimum atomic E-state index is -5.13. The lowest BCUT2D eigenvalue weighted by Gasteiger charge is -2.31. The molecule has 3 rings (SSSR count). The molecule has 2 aromatic rings. The molecule has 0 fully saturated rings. The van der Waals surface area contributed by atoms with Gasteiger partial charge < -0.3 is 9.64 Å². The second-order valence-corrected chi connectivity index (χ2v) is 6.56. The fourth-order valence-corrected chi connectivity index (χ4v) is 3.33. The Balaban J connectivity index is 2.15. The van der Waals surface area contributed by atoms with E-state index < -0.39 is 24.1 Å². The van der Waals surface area contributed by atoms with Crippen molar-refractivity contribution in [1.82, 2.24) is 0 Å². The number of carbonyl (C=O) groups excluding carboxylic acids is 2. The lowest BCUT2D eigenvalue weighted by Crippen LogP contribution is -2.54. The Morgan fingerprint density at radius 3 is 2.46 bits per heavy atom. The van der Waals surface area contributed by atoms with E-state index in [4.69, 9.17) is 4.74 Å². The van der Waals surface area contributed by atoms with E-state index in [1.165, 1.54) is 12.1 Å². The van der Waals surface area contributed by atoms with E-state index in [0.717, 1.165) is 18.4 Å². The number of nitrogens with zero attached hydrogens (tertiary/aromatic N) is 2. The van der Waals surface area contributed by atoms with Crippen molar-refractivity contribution in [1.29, 1.82) is 0 Å². The molecule has 0 N–H and O–H groups in total. The molecule has 0 radical (unpaired) electrons. The normalized spacial score (nSPS) is 17.0. The smallest absolute Gasteiger partial charge is 0.467 e. The Bertz CT molecular complexity index is 898. The quantitative estimate of drug-likeness (QED) is 0.735. The van der Waals surface area contributed by atoms with E-state index in [1.54, 1.807) is 17.0 Å². The molecule has 5 nitrogen and oxygen atoms in total. The molecule has 2 aromatic carbocycles. The van der Waals surface area contributed by atoms with Crippen molar-refractivity contribution >= 4 is 23.3 Å². The lowest BCUT2D eigenvalue weighted by atomic mass is 10.1. The van der Waals surface area contributed by atoms with Crippen molar-refractivity contribution < 1.29 is 27.5 Å². The van der Waals surface area contributed by atoms with Crippen LogP contribution in [0, 0.1) is 6.92 Å². The number of carbonyl (C=O) groups is 2. The van der Waals surface area contributed by atoms with Crippen LogP contribution in [0.25, 0.3) is 0 Å². The lowest BCUT2D eigenvalue weighted by molar-refractivity contribution is -0.171. The topological polar surface area (TPSA) is 49.9 Å². The van der Waals surface area contributed by atoms with Crippen LogP contribution in [-0.4, -0.2) is 37.7 Å². The maximum Gasteiger partial charge on any atom is 0.471 e. The molecule has 1 unspecified atom stereocenters. The number of fused-ring (bicyclic) bond motifs is 1. The van der Waals surface area contributed by atoms with E-state index in [1.807, 2.05) is 31.2 Å². The summed E-state index contributed by atoms with van der Waals surface area (Å²) in [5.41, 5.74) is 2.27. The van der Waals surface area contributed by atoms with Crippen LogP contribution in [0.3, 0.4) is 0 Å². The Labute approximate surface area is 160 Å². The van der Waals surface area contributed by atoms with Gasteiger partial charge in [-0.1, -0.05) is 30.3 Å². The first-order chi connectivity index (χ1) is 13.2. The molecule has 8 heteroatoms. The van der Waals surface area contributed by atoms with Crippen molar-refractivity contribution in [3.8, 4) is 0 Å². The summed E-state index contributed by atoms with van der Waals surface area (Å²) in [5.74, 6) is -3.01. The van der Waals surface area contributed by atoms with Gasteiger partial charge in [0.25, 0.3) is 0 Å². The highest BCUT2D eigenvalue weighted by Gasteiger charge is 2.49. The number of halogens is 3. The van der Waals surface area contributed by atoms with Crippen molar-refractivity contribution in [3.63, 3.8) is 0 Å². The summed E-state index contributed by atoms with van der Waals surface area (Å²) in [7, 11) is 1.09. The minimum absolute atomic E-state index is 0.0513. The van der Waals surface area contributed by atoms with Crippen LogP contribution < -0.4 is 9.80 Å². The zero-order chi connectivity index (χ0) is 20.5. The molecule has 0 saturated carbocycles. The molecular formula is C20H19F3N2O3. The average Bonchev–Trinajstić information content (AvgIpc) is 2.83. The van der Waals surface area contributed by atoms with Gasteiger partial charge in [-0.3, -0.25) is 9.69 Å². The number of alkyl halides is 3. The second kappa shape index (κ2) is 7.53. The highest BCUT2D eigenvalue weighted by atomic mass is 19.4. The maximum atomic E-state index is 13.3. The number of hydrogen-bond acceptors (Lipinski definition) is 4. The van der Waals surface area contributed by atoms with Gasteiger partial charge >= 0.3 is 18.1 Å². The number of anilines is 2. The second-order valence-electron chi connectivity index (χ2n) is 6.56. The standard InChI is InChI=1S/C20H19F3N2O3/c1-13-6-5-8-15(10-13)24-11-14-7-3-4-9-16(14)25(19(27)20(21,22)23)17(12-24)18(26)28-2/h3-10,17H,11-12H2,1-2H3.